The molecule has 0 N–H and O–H groups in total. The second-order valence-electron chi connectivity index (χ2n) is 12.0. The predicted molar refractivity (Wildman–Crippen MR) is 198 cm³/mol. The predicted octanol–water partition coefficient (Wildman–Crippen LogP) is 13.3. The second-order valence-corrected chi connectivity index (χ2v) is 13.0. The number of furan rings is 1. The minimum atomic E-state index is 0.927. The molecule has 0 unspecified atom stereocenters. The lowest BCUT2D eigenvalue weighted by molar-refractivity contribution is 0.673. The molecule has 2 heteroatoms. The first-order valence-electron chi connectivity index (χ1n) is 15.7. The normalized spacial score (nSPS) is 11.9. The van der Waals surface area contributed by atoms with Crippen LogP contribution in [0.2, 0.25) is 0 Å². The van der Waals surface area contributed by atoms with Crippen LogP contribution in [-0.4, -0.2) is 0 Å². The fraction of sp³-hybridized carbons (Fsp3) is 0. The summed E-state index contributed by atoms with van der Waals surface area (Å²) in [6.07, 6.45) is 0. The van der Waals surface area contributed by atoms with E-state index >= 15 is 0 Å². The van der Waals surface area contributed by atoms with Gasteiger partial charge in [-0.25, -0.2) is 0 Å². The summed E-state index contributed by atoms with van der Waals surface area (Å²) in [5.41, 5.74) is 8.19. The molecule has 0 saturated heterocycles. The van der Waals surface area contributed by atoms with Crippen LogP contribution in [0.1, 0.15) is 0 Å². The van der Waals surface area contributed by atoms with Crippen LogP contribution in [0, 0.1) is 0 Å². The molecule has 46 heavy (non-hydrogen) atoms. The van der Waals surface area contributed by atoms with Crippen molar-refractivity contribution in [1.29, 1.82) is 0 Å². The van der Waals surface area contributed by atoms with Crippen LogP contribution in [0.15, 0.2) is 162 Å². The summed E-state index contributed by atoms with van der Waals surface area (Å²) in [5.74, 6) is 0. The third-order valence-electron chi connectivity index (χ3n) is 9.48. The van der Waals surface area contributed by atoms with Gasteiger partial charge in [-0.15, -0.1) is 11.3 Å². The van der Waals surface area contributed by atoms with Gasteiger partial charge in [0, 0.05) is 32.2 Å². The molecule has 0 amide bonds. The Morgan fingerprint density at radius 1 is 0.370 bits per heavy atom. The van der Waals surface area contributed by atoms with Crippen LogP contribution in [0.4, 0.5) is 0 Å². The molecule has 0 radical (unpaired) electrons. The highest BCUT2D eigenvalue weighted by Crippen LogP contribution is 2.53. The summed E-state index contributed by atoms with van der Waals surface area (Å²) < 4.78 is 7.80. The van der Waals surface area contributed by atoms with Crippen molar-refractivity contribution in [3.8, 4) is 32.7 Å². The molecule has 0 aliphatic rings. The lowest BCUT2D eigenvalue weighted by Gasteiger charge is -2.19. The van der Waals surface area contributed by atoms with Crippen molar-refractivity contribution in [1.82, 2.24) is 0 Å². The summed E-state index contributed by atoms with van der Waals surface area (Å²) in [7, 11) is 0. The van der Waals surface area contributed by atoms with Gasteiger partial charge in [-0.05, 0) is 61.1 Å². The Bertz CT molecular complexity index is 2740. The summed E-state index contributed by atoms with van der Waals surface area (Å²) >= 11 is 1.86. The number of rotatable bonds is 3. The minimum absolute atomic E-state index is 0.927. The van der Waals surface area contributed by atoms with Crippen molar-refractivity contribution < 1.29 is 4.42 Å². The Morgan fingerprint density at radius 3 is 1.67 bits per heavy atom. The van der Waals surface area contributed by atoms with Crippen LogP contribution in [0.5, 0.6) is 0 Å². The number of para-hydroxylation sites is 1. The van der Waals surface area contributed by atoms with Crippen LogP contribution in [0.25, 0.3) is 97.0 Å². The third-order valence-corrected chi connectivity index (χ3v) is 10.7. The number of hydrogen-bond donors (Lipinski definition) is 0. The van der Waals surface area contributed by atoms with Crippen molar-refractivity contribution in [3.63, 3.8) is 0 Å². The van der Waals surface area contributed by atoms with Gasteiger partial charge in [0.05, 0.1) is 4.70 Å². The van der Waals surface area contributed by atoms with Gasteiger partial charge in [0.2, 0.25) is 0 Å². The molecule has 1 nitrogen and oxygen atoms in total. The lowest BCUT2D eigenvalue weighted by atomic mass is 9.85. The minimum Gasteiger partial charge on any atom is -0.455 e. The molecule has 2 heterocycles. The Kier molecular flexibility index (Phi) is 5.51. The van der Waals surface area contributed by atoms with Gasteiger partial charge in [0.15, 0.2) is 5.58 Å². The van der Waals surface area contributed by atoms with Gasteiger partial charge in [-0.2, -0.15) is 0 Å². The maximum Gasteiger partial charge on any atom is 0.153 e. The molecule has 0 saturated carbocycles. The number of thiophene rings is 1. The van der Waals surface area contributed by atoms with Gasteiger partial charge < -0.3 is 4.42 Å². The largest absolute Gasteiger partial charge is 0.455 e. The molecule has 10 aromatic rings. The average molecular weight is 603 g/mol. The fourth-order valence-corrected chi connectivity index (χ4v) is 8.89. The molecule has 0 fully saturated rings. The van der Waals surface area contributed by atoms with E-state index in [0.717, 1.165) is 21.9 Å². The molecule has 8 aromatic carbocycles. The van der Waals surface area contributed by atoms with E-state index in [9.17, 15) is 0 Å². The molecular weight excluding hydrogens is 577 g/mol. The smallest absolute Gasteiger partial charge is 0.153 e. The molecule has 0 spiro atoms. The average Bonchev–Trinajstić information content (AvgIpc) is 3.70. The third kappa shape index (κ3) is 3.62. The SMILES string of the molecule is c1ccc(-c2c(-c3c4ccccc4c(-c4cccc5ccccc45)c4ccccc34)sc3c2ccc2c4ccccc4oc23)cc1. The fourth-order valence-electron chi connectivity index (χ4n) is 7.51. The van der Waals surface area contributed by atoms with Crippen LogP contribution >= 0.6 is 11.3 Å². The van der Waals surface area contributed by atoms with E-state index in [1.165, 1.54) is 75.1 Å². The first kappa shape index (κ1) is 25.6. The molecule has 0 bridgehead atoms. The van der Waals surface area contributed by atoms with Gasteiger partial charge in [0.25, 0.3) is 0 Å². The topological polar surface area (TPSA) is 13.1 Å². The number of hydrogen-bond acceptors (Lipinski definition) is 2. The Morgan fingerprint density at radius 2 is 0.935 bits per heavy atom. The Labute approximate surface area is 269 Å². The highest BCUT2D eigenvalue weighted by atomic mass is 32.1. The first-order valence-corrected chi connectivity index (χ1v) is 16.5. The molecule has 10 rings (SSSR count). The summed E-state index contributed by atoms with van der Waals surface area (Å²) in [6, 6.07) is 57.1. The molecule has 0 atom stereocenters. The number of fused-ring (bicyclic) bond motifs is 8. The second kappa shape index (κ2) is 9.90. The molecule has 2 aromatic heterocycles. The van der Waals surface area contributed by atoms with E-state index in [2.05, 4.69) is 152 Å². The number of benzene rings is 8. The quantitative estimate of drug-likeness (QED) is 0.183. The maximum absolute atomic E-state index is 6.61. The van der Waals surface area contributed by atoms with E-state index in [1.807, 2.05) is 17.4 Å². The Hall–Kier alpha value is -5.70. The van der Waals surface area contributed by atoms with Crippen LogP contribution < -0.4 is 0 Å². The van der Waals surface area contributed by atoms with E-state index < -0.39 is 0 Å². The standard InChI is InChI=1S/C44H26OS/c1-2-14-28(15-3-1)39-37-26-25-36-30-18-10-11-24-38(30)45-42(36)43(37)46-44(39)41-34-21-8-6-19-32(34)40(33-20-7-9-22-35(33)41)31-23-12-16-27-13-4-5-17-29(27)31/h1-26H. The first-order chi connectivity index (χ1) is 22.8. The van der Waals surface area contributed by atoms with E-state index in [4.69, 9.17) is 4.42 Å². The lowest BCUT2D eigenvalue weighted by Crippen LogP contribution is -1.91. The summed E-state index contributed by atoms with van der Waals surface area (Å²) in [5, 5.41) is 11.1. The summed E-state index contributed by atoms with van der Waals surface area (Å²) in [4.78, 5) is 1.27. The van der Waals surface area contributed by atoms with Crippen molar-refractivity contribution in [2.75, 3.05) is 0 Å². The zero-order chi connectivity index (χ0) is 30.2. The zero-order valence-electron chi connectivity index (χ0n) is 24.8. The van der Waals surface area contributed by atoms with Gasteiger partial charge in [-0.1, -0.05) is 146 Å². The monoisotopic (exact) mass is 602 g/mol. The van der Waals surface area contributed by atoms with Crippen LogP contribution in [-0.2, 0) is 0 Å². The maximum atomic E-state index is 6.61. The highest BCUT2D eigenvalue weighted by Gasteiger charge is 2.24. The molecular formula is C44H26OS. The Balaban J connectivity index is 1.39. The highest BCUT2D eigenvalue weighted by molar-refractivity contribution is 7.24. The molecule has 0 aliphatic heterocycles. The van der Waals surface area contributed by atoms with E-state index in [-0.39, 0.29) is 0 Å². The van der Waals surface area contributed by atoms with Gasteiger partial charge >= 0.3 is 0 Å². The van der Waals surface area contributed by atoms with Crippen LogP contribution in [0.3, 0.4) is 0 Å². The molecule has 0 aliphatic carbocycles. The van der Waals surface area contributed by atoms with Gasteiger partial charge in [0.1, 0.15) is 5.58 Å². The van der Waals surface area contributed by atoms with Crippen molar-refractivity contribution >= 4 is 75.7 Å². The summed E-state index contributed by atoms with van der Waals surface area (Å²) in [6.45, 7) is 0. The van der Waals surface area contributed by atoms with Crippen molar-refractivity contribution in [2.24, 2.45) is 0 Å². The van der Waals surface area contributed by atoms with Crippen molar-refractivity contribution in [2.45, 2.75) is 0 Å². The zero-order valence-corrected chi connectivity index (χ0v) is 25.6. The van der Waals surface area contributed by atoms with Crippen molar-refractivity contribution in [3.05, 3.63) is 158 Å². The van der Waals surface area contributed by atoms with E-state index in [1.54, 1.807) is 0 Å². The molecule has 214 valence electrons. The van der Waals surface area contributed by atoms with E-state index in [0.29, 0.717) is 0 Å². The van der Waals surface area contributed by atoms with Gasteiger partial charge in [-0.3, -0.25) is 0 Å².